The van der Waals surface area contributed by atoms with E-state index < -0.39 is 11.8 Å². The van der Waals surface area contributed by atoms with Crippen molar-refractivity contribution >= 4 is 57.8 Å². The first-order chi connectivity index (χ1) is 15.0. The van der Waals surface area contributed by atoms with E-state index in [9.17, 15) is 9.59 Å². The van der Waals surface area contributed by atoms with Crippen LogP contribution in [0.3, 0.4) is 0 Å². The topological polar surface area (TPSA) is 86.9 Å². The van der Waals surface area contributed by atoms with Gasteiger partial charge in [0.1, 0.15) is 0 Å². The first kappa shape index (κ1) is 21.2. The largest absolute Gasteiger partial charge is 0.333 e. The van der Waals surface area contributed by atoms with Gasteiger partial charge in [-0.1, -0.05) is 59.2 Å². The van der Waals surface area contributed by atoms with Crippen molar-refractivity contribution < 1.29 is 9.59 Å². The zero-order valence-corrected chi connectivity index (χ0v) is 18.3. The summed E-state index contributed by atoms with van der Waals surface area (Å²) in [6.07, 6.45) is 0. The number of hydrazine groups is 1. The fraction of sp³-hybridized carbons (Fsp3) is 0.0455. The zero-order chi connectivity index (χ0) is 21.8. The van der Waals surface area contributed by atoms with Crippen LogP contribution in [0.5, 0.6) is 0 Å². The average Bonchev–Trinajstić information content (AvgIpc) is 3.19. The zero-order valence-electron chi connectivity index (χ0n) is 16.0. The van der Waals surface area contributed by atoms with Crippen molar-refractivity contribution in [3.63, 3.8) is 0 Å². The van der Waals surface area contributed by atoms with Crippen LogP contribution in [0, 0.1) is 0 Å². The number of benzene rings is 3. The molecule has 1 aromatic heterocycles. The van der Waals surface area contributed by atoms with Crippen LogP contribution in [0.2, 0.25) is 10.0 Å². The number of thioether (sulfide) groups is 1. The van der Waals surface area contributed by atoms with Gasteiger partial charge in [-0.15, -0.1) is 0 Å². The maximum atomic E-state index is 12.3. The maximum absolute atomic E-state index is 12.3. The molecular weight excluding hydrogens is 455 g/mol. The van der Waals surface area contributed by atoms with Crippen LogP contribution in [0.15, 0.2) is 71.9 Å². The van der Waals surface area contributed by atoms with Gasteiger partial charge in [0.05, 0.1) is 21.6 Å². The van der Waals surface area contributed by atoms with Gasteiger partial charge in [0.15, 0.2) is 5.16 Å². The number of amides is 2. The van der Waals surface area contributed by atoms with Gasteiger partial charge in [-0.25, -0.2) is 4.98 Å². The minimum absolute atomic E-state index is 0.200. The summed E-state index contributed by atoms with van der Waals surface area (Å²) in [6.45, 7) is 0. The Morgan fingerprint density at radius 1 is 0.935 bits per heavy atom. The molecule has 31 heavy (non-hydrogen) atoms. The van der Waals surface area contributed by atoms with Crippen molar-refractivity contribution in [2.75, 3.05) is 0 Å². The molecule has 4 aromatic rings. The number of H-pyrrole nitrogens is 1. The molecule has 0 atom stereocenters. The lowest BCUT2D eigenvalue weighted by Crippen LogP contribution is -2.41. The van der Waals surface area contributed by atoms with E-state index in [0.29, 0.717) is 16.3 Å². The number of aromatic nitrogens is 2. The standard InChI is InChI=1S/C22H16Cl2N4O2S/c23-15-9-10-16(17(24)11-15)21(30)28-27-20(29)14-7-5-13(6-8-14)12-31-22-25-18-3-1-2-4-19(18)26-22/h1-11H,12H2,(H,25,26)(H,27,29)(H,28,30). The lowest BCUT2D eigenvalue weighted by atomic mass is 10.1. The third-order valence-corrected chi connectivity index (χ3v) is 5.92. The summed E-state index contributed by atoms with van der Waals surface area (Å²) in [5.74, 6) is -0.267. The van der Waals surface area contributed by atoms with Crippen molar-refractivity contribution in [2.24, 2.45) is 0 Å². The number of nitrogens with one attached hydrogen (secondary N) is 3. The van der Waals surface area contributed by atoms with Crippen molar-refractivity contribution in [3.8, 4) is 0 Å². The Bertz CT molecular complexity index is 1230. The van der Waals surface area contributed by atoms with E-state index >= 15 is 0 Å². The third-order valence-electron chi connectivity index (χ3n) is 4.42. The molecule has 0 fully saturated rings. The number of aromatic amines is 1. The molecule has 0 unspecified atom stereocenters. The number of para-hydroxylation sites is 2. The summed E-state index contributed by atoms with van der Waals surface area (Å²) in [4.78, 5) is 32.3. The molecule has 0 bridgehead atoms. The molecular formula is C22H16Cl2N4O2S. The Balaban J connectivity index is 1.31. The van der Waals surface area contributed by atoms with Crippen LogP contribution in [-0.2, 0) is 5.75 Å². The van der Waals surface area contributed by atoms with Gasteiger partial charge in [-0.05, 0) is 48.0 Å². The summed E-state index contributed by atoms with van der Waals surface area (Å²) >= 11 is 13.4. The molecule has 4 rings (SSSR count). The normalized spacial score (nSPS) is 10.8. The van der Waals surface area contributed by atoms with Gasteiger partial charge < -0.3 is 4.98 Å². The Hall–Kier alpha value is -3.00. The number of halogens is 2. The van der Waals surface area contributed by atoms with Gasteiger partial charge >= 0.3 is 0 Å². The van der Waals surface area contributed by atoms with Crippen molar-refractivity contribution in [2.45, 2.75) is 10.9 Å². The predicted octanol–water partition coefficient (Wildman–Crippen LogP) is 5.24. The Morgan fingerprint density at radius 3 is 2.42 bits per heavy atom. The van der Waals surface area contributed by atoms with Gasteiger partial charge in [0.25, 0.3) is 11.8 Å². The smallest absolute Gasteiger partial charge is 0.271 e. The number of hydrogen-bond acceptors (Lipinski definition) is 4. The van der Waals surface area contributed by atoms with E-state index in [1.807, 2.05) is 36.4 Å². The molecule has 156 valence electrons. The average molecular weight is 471 g/mol. The fourth-order valence-electron chi connectivity index (χ4n) is 2.83. The van der Waals surface area contributed by atoms with Gasteiger partial charge in [0.2, 0.25) is 0 Å². The van der Waals surface area contributed by atoms with Gasteiger partial charge in [-0.2, -0.15) is 0 Å². The molecule has 3 N–H and O–H groups in total. The first-order valence-electron chi connectivity index (χ1n) is 9.22. The highest BCUT2D eigenvalue weighted by Gasteiger charge is 2.13. The minimum Gasteiger partial charge on any atom is -0.333 e. The molecule has 0 aliphatic heterocycles. The molecule has 0 spiro atoms. The second-order valence-electron chi connectivity index (χ2n) is 6.58. The van der Waals surface area contributed by atoms with Gasteiger partial charge in [-0.3, -0.25) is 20.4 Å². The van der Waals surface area contributed by atoms with E-state index in [4.69, 9.17) is 23.2 Å². The SMILES string of the molecule is O=C(NNC(=O)c1ccc(Cl)cc1Cl)c1ccc(CSc2nc3ccccc3[nH]2)cc1. The summed E-state index contributed by atoms with van der Waals surface area (Å²) in [5.41, 5.74) is 8.33. The number of carbonyl (C=O) groups excluding carboxylic acids is 2. The summed E-state index contributed by atoms with van der Waals surface area (Å²) in [6, 6.07) is 19.5. The molecule has 3 aromatic carbocycles. The Kier molecular flexibility index (Phi) is 6.46. The Labute approximate surface area is 192 Å². The highest BCUT2D eigenvalue weighted by Crippen LogP contribution is 2.23. The molecule has 2 amide bonds. The summed E-state index contributed by atoms with van der Waals surface area (Å²) in [5, 5.41) is 1.46. The van der Waals surface area contributed by atoms with Crippen LogP contribution in [0.4, 0.5) is 0 Å². The monoisotopic (exact) mass is 470 g/mol. The fourth-order valence-corrected chi connectivity index (χ4v) is 4.16. The highest BCUT2D eigenvalue weighted by atomic mass is 35.5. The molecule has 0 saturated heterocycles. The van der Waals surface area contributed by atoms with Crippen LogP contribution < -0.4 is 10.9 Å². The molecule has 6 nitrogen and oxygen atoms in total. The van der Waals surface area contributed by atoms with Crippen LogP contribution in [-0.4, -0.2) is 21.8 Å². The van der Waals surface area contributed by atoms with E-state index in [1.54, 1.807) is 30.0 Å². The lowest BCUT2D eigenvalue weighted by molar-refractivity contribution is 0.0846. The second-order valence-corrected chi connectivity index (χ2v) is 8.38. The van der Waals surface area contributed by atoms with Crippen molar-refractivity contribution in [3.05, 3.63) is 93.5 Å². The lowest BCUT2D eigenvalue weighted by Gasteiger charge is -2.09. The van der Waals surface area contributed by atoms with Crippen molar-refractivity contribution in [1.82, 2.24) is 20.8 Å². The van der Waals surface area contributed by atoms with E-state index in [-0.39, 0.29) is 10.6 Å². The number of rotatable bonds is 5. The molecule has 9 heteroatoms. The predicted molar refractivity (Wildman–Crippen MR) is 123 cm³/mol. The summed E-state index contributed by atoms with van der Waals surface area (Å²) < 4.78 is 0. The van der Waals surface area contributed by atoms with E-state index in [1.165, 1.54) is 12.1 Å². The minimum atomic E-state index is -0.533. The molecule has 0 saturated carbocycles. The number of imidazole rings is 1. The number of carbonyl (C=O) groups is 2. The summed E-state index contributed by atoms with van der Waals surface area (Å²) in [7, 11) is 0. The Morgan fingerprint density at radius 2 is 1.68 bits per heavy atom. The van der Waals surface area contributed by atoms with Crippen LogP contribution in [0.1, 0.15) is 26.3 Å². The first-order valence-corrected chi connectivity index (χ1v) is 11.0. The number of hydrogen-bond donors (Lipinski definition) is 3. The molecule has 0 aliphatic carbocycles. The highest BCUT2D eigenvalue weighted by molar-refractivity contribution is 7.98. The van der Waals surface area contributed by atoms with E-state index in [2.05, 4.69) is 20.8 Å². The van der Waals surface area contributed by atoms with Crippen molar-refractivity contribution in [1.29, 1.82) is 0 Å². The van der Waals surface area contributed by atoms with Crippen LogP contribution >= 0.6 is 35.0 Å². The quantitative estimate of drug-likeness (QED) is 0.275. The van der Waals surface area contributed by atoms with Gasteiger partial charge in [0, 0.05) is 16.3 Å². The third kappa shape index (κ3) is 5.19. The molecule has 0 radical (unpaired) electrons. The van der Waals surface area contributed by atoms with E-state index in [0.717, 1.165) is 21.8 Å². The van der Waals surface area contributed by atoms with Crippen LogP contribution in [0.25, 0.3) is 11.0 Å². The number of fused-ring (bicyclic) bond motifs is 1. The molecule has 1 heterocycles. The molecule has 0 aliphatic rings. The second kappa shape index (κ2) is 9.43. The maximum Gasteiger partial charge on any atom is 0.271 e. The number of nitrogens with zero attached hydrogens (tertiary/aromatic N) is 1.